The van der Waals surface area contributed by atoms with E-state index in [9.17, 15) is 4.79 Å². The number of nitrogens with zero attached hydrogens (tertiary/aromatic N) is 1. The molecular weight excluding hydrogens is 309 g/mol. The maximum absolute atomic E-state index is 10.7. The van der Waals surface area contributed by atoms with Crippen LogP contribution in [0.2, 0.25) is 15.1 Å². The molecule has 0 bridgehead atoms. The first-order valence-corrected chi connectivity index (χ1v) is 6.43. The van der Waals surface area contributed by atoms with Gasteiger partial charge in [-0.2, -0.15) is 0 Å². The van der Waals surface area contributed by atoms with Crippen LogP contribution in [0.15, 0.2) is 30.3 Å². The van der Waals surface area contributed by atoms with Crippen LogP contribution in [-0.4, -0.2) is 16.1 Å². The molecule has 19 heavy (non-hydrogen) atoms. The van der Waals surface area contributed by atoms with Crippen molar-refractivity contribution >= 4 is 40.8 Å². The quantitative estimate of drug-likeness (QED) is 0.857. The number of aromatic nitrogens is 1. The number of pyridine rings is 1. The van der Waals surface area contributed by atoms with Gasteiger partial charge < -0.3 is 5.11 Å². The predicted molar refractivity (Wildman–Crippen MR) is 76.0 cm³/mol. The standard InChI is InChI=1S/C13H8Cl3NO2/c14-9-4-7(5-10(15)13(9)16)11-3-1-2-8(17-11)6-12(18)19/h1-5H,6H2,(H,18,19). The summed E-state index contributed by atoms with van der Waals surface area (Å²) in [5.74, 6) is -0.933. The average Bonchev–Trinajstić information content (AvgIpc) is 2.35. The van der Waals surface area contributed by atoms with Gasteiger partial charge in [-0.05, 0) is 24.3 Å². The summed E-state index contributed by atoms with van der Waals surface area (Å²) in [4.78, 5) is 14.9. The molecule has 1 aromatic carbocycles. The Kier molecular flexibility index (Phi) is 4.30. The first-order valence-electron chi connectivity index (χ1n) is 5.30. The summed E-state index contributed by atoms with van der Waals surface area (Å²) in [7, 11) is 0. The lowest BCUT2D eigenvalue weighted by atomic mass is 10.1. The number of hydrogen-bond donors (Lipinski definition) is 1. The van der Waals surface area contributed by atoms with Crippen molar-refractivity contribution in [1.29, 1.82) is 0 Å². The molecule has 0 unspecified atom stereocenters. The summed E-state index contributed by atoms with van der Waals surface area (Å²) < 4.78 is 0. The van der Waals surface area contributed by atoms with Crippen LogP contribution in [0.1, 0.15) is 5.69 Å². The number of benzene rings is 1. The van der Waals surface area contributed by atoms with Gasteiger partial charge in [0.25, 0.3) is 0 Å². The van der Waals surface area contributed by atoms with Crippen LogP contribution in [0.25, 0.3) is 11.3 Å². The molecule has 1 aromatic heterocycles. The third-order valence-electron chi connectivity index (χ3n) is 2.42. The summed E-state index contributed by atoms with van der Waals surface area (Å²) >= 11 is 17.8. The number of aliphatic carboxylic acids is 1. The molecule has 0 spiro atoms. The molecule has 0 radical (unpaired) electrons. The van der Waals surface area contributed by atoms with Crippen molar-refractivity contribution in [3.8, 4) is 11.3 Å². The smallest absolute Gasteiger partial charge is 0.309 e. The van der Waals surface area contributed by atoms with Crippen molar-refractivity contribution in [3.63, 3.8) is 0 Å². The first kappa shape index (κ1) is 14.1. The average molecular weight is 317 g/mol. The van der Waals surface area contributed by atoms with Gasteiger partial charge in [0, 0.05) is 5.56 Å². The van der Waals surface area contributed by atoms with Crippen LogP contribution in [0.5, 0.6) is 0 Å². The van der Waals surface area contributed by atoms with Crippen molar-refractivity contribution in [3.05, 3.63) is 51.1 Å². The Morgan fingerprint density at radius 1 is 1.16 bits per heavy atom. The fourth-order valence-electron chi connectivity index (χ4n) is 1.60. The molecule has 0 saturated carbocycles. The number of carboxylic acids is 1. The largest absolute Gasteiger partial charge is 0.481 e. The van der Waals surface area contributed by atoms with Crippen LogP contribution < -0.4 is 0 Å². The highest BCUT2D eigenvalue weighted by atomic mass is 35.5. The molecule has 3 nitrogen and oxygen atoms in total. The lowest BCUT2D eigenvalue weighted by Crippen LogP contribution is -2.02. The first-order chi connectivity index (χ1) is 8.97. The van der Waals surface area contributed by atoms with Gasteiger partial charge in [0.1, 0.15) is 0 Å². The Labute approximate surface area is 124 Å². The number of hydrogen-bond acceptors (Lipinski definition) is 2. The second-order valence-corrected chi connectivity index (χ2v) is 5.03. The van der Waals surface area contributed by atoms with Crippen LogP contribution in [0.4, 0.5) is 0 Å². The van der Waals surface area contributed by atoms with Gasteiger partial charge in [-0.1, -0.05) is 40.9 Å². The Bertz CT molecular complexity index is 621. The highest BCUT2D eigenvalue weighted by Gasteiger charge is 2.09. The molecule has 0 aliphatic heterocycles. The number of rotatable bonds is 3. The van der Waals surface area contributed by atoms with E-state index >= 15 is 0 Å². The van der Waals surface area contributed by atoms with Crippen molar-refractivity contribution in [2.75, 3.05) is 0 Å². The number of carbonyl (C=O) groups is 1. The monoisotopic (exact) mass is 315 g/mol. The van der Waals surface area contributed by atoms with Crippen molar-refractivity contribution in [2.45, 2.75) is 6.42 Å². The third-order valence-corrected chi connectivity index (χ3v) is 3.62. The molecule has 98 valence electrons. The van der Waals surface area contributed by atoms with Crippen molar-refractivity contribution in [1.82, 2.24) is 4.98 Å². The van der Waals surface area contributed by atoms with Gasteiger partial charge in [-0.15, -0.1) is 0 Å². The molecule has 2 rings (SSSR count). The number of halogens is 3. The van der Waals surface area contributed by atoms with E-state index < -0.39 is 5.97 Å². The molecule has 2 aromatic rings. The molecule has 1 heterocycles. The Morgan fingerprint density at radius 2 is 1.79 bits per heavy atom. The van der Waals surface area contributed by atoms with E-state index in [1.807, 2.05) is 0 Å². The van der Waals surface area contributed by atoms with Gasteiger partial charge in [0.15, 0.2) is 0 Å². The molecule has 0 atom stereocenters. The fourth-order valence-corrected chi connectivity index (χ4v) is 2.19. The van der Waals surface area contributed by atoms with Gasteiger partial charge in [0.2, 0.25) is 0 Å². The topological polar surface area (TPSA) is 50.2 Å². The Balaban J connectivity index is 2.44. The molecule has 0 fully saturated rings. The summed E-state index contributed by atoms with van der Waals surface area (Å²) in [5.41, 5.74) is 1.75. The summed E-state index contributed by atoms with van der Waals surface area (Å²) in [6.07, 6.45) is -0.136. The highest BCUT2D eigenvalue weighted by Crippen LogP contribution is 2.34. The van der Waals surface area contributed by atoms with E-state index in [0.717, 1.165) is 0 Å². The lowest BCUT2D eigenvalue weighted by molar-refractivity contribution is -0.136. The summed E-state index contributed by atoms with van der Waals surface area (Å²) in [5, 5.41) is 9.70. The van der Waals surface area contributed by atoms with E-state index in [-0.39, 0.29) is 11.4 Å². The summed E-state index contributed by atoms with van der Waals surface area (Å²) in [6, 6.07) is 8.42. The third kappa shape index (κ3) is 3.38. The van der Waals surface area contributed by atoms with Gasteiger partial charge in [-0.25, -0.2) is 0 Å². The summed E-state index contributed by atoms with van der Waals surface area (Å²) in [6.45, 7) is 0. The zero-order valence-electron chi connectivity index (χ0n) is 9.53. The van der Waals surface area contributed by atoms with E-state index in [1.54, 1.807) is 30.3 Å². The maximum atomic E-state index is 10.7. The van der Waals surface area contributed by atoms with Gasteiger partial charge in [-0.3, -0.25) is 9.78 Å². The Morgan fingerprint density at radius 3 is 2.37 bits per heavy atom. The number of carboxylic acid groups (broad SMARTS) is 1. The highest BCUT2D eigenvalue weighted by molar-refractivity contribution is 6.48. The van der Waals surface area contributed by atoms with Crippen LogP contribution >= 0.6 is 34.8 Å². The molecular formula is C13H8Cl3NO2. The molecule has 1 N–H and O–H groups in total. The maximum Gasteiger partial charge on any atom is 0.309 e. The Hall–Kier alpha value is -1.29. The predicted octanol–water partition coefficient (Wildman–Crippen LogP) is 4.34. The second-order valence-electron chi connectivity index (χ2n) is 3.84. The van der Waals surface area contributed by atoms with E-state index in [0.29, 0.717) is 27.0 Å². The van der Waals surface area contributed by atoms with Crippen LogP contribution in [-0.2, 0) is 11.2 Å². The van der Waals surface area contributed by atoms with E-state index in [2.05, 4.69) is 4.98 Å². The lowest BCUT2D eigenvalue weighted by Gasteiger charge is -2.06. The minimum atomic E-state index is -0.933. The van der Waals surface area contributed by atoms with Crippen LogP contribution in [0, 0.1) is 0 Å². The minimum absolute atomic E-state index is 0.136. The molecule has 0 saturated heterocycles. The van der Waals surface area contributed by atoms with E-state index in [4.69, 9.17) is 39.9 Å². The molecule has 0 amide bonds. The van der Waals surface area contributed by atoms with Crippen LogP contribution in [0.3, 0.4) is 0 Å². The van der Waals surface area contributed by atoms with E-state index in [1.165, 1.54) is 0 Å². The SMILES string of the molecule is O=C(O)Cc1cccc(-c2cc(Cl)c(Cl)c(Cl)c2)n1. The van der Waals surface area contributed by atoms with Gasteiger partial charge in [0.05, 0.1) is 32.9 Å². The molecule has 0 aliphatic carbocycles. The second kappa shape index (κ2) is 5.78. The normalized spacial score (nSPS) is 10.5. The molecule has 0 aliphatic rings. The van der Waals surface area contributed by atoms with Crippen molar-refractivity contribution in [2.24, 2.45) is 0 Å². The zero-order chi connectivity index (χ0) is 14.0. The van der Waals surface area contributed by atoms with Gasteiger partial charge >= 0.3 is 5.97 Å². The fraction of sp³-hybridized carbons (Fsp3) is 0.0769. The minimum Gasteiger partial charge on any atom is -0.481 e. The van der Waals surface area contributed by atoms with Crippen molar-refractivity contribution < 1.29 is 9.90 Å². The zero-order valence-corrected chi connectivity index (χ0v) is 11.8. The molecule has 6 heteroatoms.